The first-order valence-electron chi connectivity index (χ1n) is 6.40. The number of carbonyl (C=O) groups is 1. The van der Waals surface area contributed by atoms with Crippen molar-refractivity contribution in [3.8, 4) is 0 Å². The van der Waals surface area contributed by atoms with Crippen LogP contribution in [0.3, 0.4) is 0 Å². The summed E-state index contributed by atoms with van der Waals surface area (Å²) in [5, 5.41) is 6.30. The van der Waals surface area contributed by atoms with Crippen LogP contribution in [0.1, 0.15) is 42.5 Å². The SMILES string of the molecule is CCc1ccc(C(=O)NCC[C@H]2CCCN2)o1. The van der Waals surface area contributed by atoms with Gasteiger partial charge < -0.3 is 15.1 Å². The molecule has 1 aliphatic heterocycles. The van der Waals surface area contributed by atoms with Gasteiger partial charge in [-0.1, -0.05) is 6.92 Å². The van der Waals surface area contributed by atoms with Gasteiger partial charge in [0.15, 0.2) is 5.76 Å². The van der Waals surface area contributed by atoms with Crippen LogP contribution in [-0.4, -0.2) is 25.0 Å². The van der Waals surface area contributed by atoms with E-state index in [1.807, 2.05) is 13.0 Å². The van der Waals surface area contributed by atoms with Crippen molar-refractivity contribution < 1.29 is 9.21 Å². The van der Waals surface area contributed by atoms with E-state index in [0.29, 0.717) is 18.3 Å². The van der Waals surface area contributed by atoms with Crippen molar-refractivity contribution in [2.24, 2.45) is 0 Å². The molecule has 17 heavy (non-hydrogen) atoms. The third-order valence-corrected chi connectivity index (χ3v) is 3.17. The Labute approximate surface area is 102 Å². The van der Waals surface area contributed by atoms with Gasteiger partial charge in [0.25, 0.3) is 5.91 Å². The monoisotopic (exact) mass is 236 g/mol. The molecule has 1 aromatic heterocycles. The molecule has 2 rings (SSSR count). The third-order valence-electron chi connectivity index (χ3n) is 3.17. The van der Waals surface area contributed by atoms with E-state index in [0.717, 1.165) is 25.1 Å². The zero-order valence-corrected chi connectivity index (χ0v) is 10.3. The van der Waals surface area contributed by atoms with Crippen LogP contribution in [0.5, 0.6) is 0 Å². The Balaban J connectivity index is 1.72. The Kier molecular flexibility index (Phi) is 4.20. The minimum Gasteiger partial charge on any atom is -0.456 e. The number of carbonyl (C=O) groups excluding carboxylic acids is 1. The van der Waals surface area contributed by atoms with E-state index in [1.165, 1.54) is 12.8 Å². The lowest BCUT2D eigenvalue weighted by Crippen LogP contribution is -2.30. The zero-order chi connectivity index (χ0) is 12.1. The van der Waals surface area contributed by atoms with Gasteiger partial charge in [0.05, 0.1) is 0 Å². The number of rotatable bonds is 5. The molecule has 0 aliphatic carbocycles. The quantitative estimate of drug-likeness (QED) is 0.818. The Hall–Kier alpha value is -1.29. The smallest absolute Gasteiger partial charge is 0.286 e. The van der Waals surface area contributed by atoms with Crippen LogP contribution in [0.25, 0.3) is 0 Å². The van der Waals surface area contributed by atoms with Crippen LogP contribution in [0.15, 0.2) is 16.5 Å². The Morgan fingerprint density at radius 1 is 1.59 bits per heavy atom. The van der Waals surface area contributed by atoms with E-state index in [-0.39, 0.29) is 5.91 Å². The van der Waals surface area contributed by atoms with E-state index in [2.05, 4.69) is 10.6 Å². The molecule has 1 fully saturated rings. The van der Waals surface area contributed by atoms with Crippen LogP contribution >= 0.6 is 0 Å². The second kappa shape index (κ2) is 5.87. The number of amides is 1. The molecular formula is C13H20N2O2. The molecule has 1 aromatic rings. The molecule has 1 aliphatic rings. The molecule has 1 saturated heterocycles. The summed E-state index contributed by atoms with van der Waals surface area (Å²) in [4.78, 5) is 11.7. The lowest BCUT2D eigenvalue weighted by atomic mass is 10.1. The fourth-order valence-electron chi connectivity index (χ4n) is 2.14. The molecule has 0 unspecified atom stereocenters. The number of aryl methyl sites for hydroxylation is 1. The topological polar surface area (TPSA) is 54.3 Å². The summed E-state index contributed by atoms with van der Waals surface area (Å²) in [6, 6.07) is 4.16. The maximum absolute atomic E-state index is 11.7. The number of nitrogens with one attached hydrogen (secondary N) is 2. The molecule has 1 atom stereocenters. The van der Waals surface area contributed by atoms with Crippen LogP contribution in [-0.2, 0) is 6.42 Å². The average molecular weight is 236 g/mol. The summed E-state index contributed by atoms with van der Waals surface area (Å²) in [5.74, 6) is 1.16. The van der Waals surface area contributed by atoms with Crippen molar-refractivity contribution in [3.05, 3.63) is 23.7 Å². The molecule has 4 heteroatoms. The summed E-state index contributed by atoms with van der Waals surface area (Å²) in [5.41, 5.74) is 0. The van der Waals surface area contributed by atoms with Gasteiger partial charge in [-0.25, -0.2) is 0 Å². The lowest BCUT2D eigenvalue weighted by Gasteiger charge is -2.09. The van der Waals surface area contributed by atoms with Gasteiger partial charge in [0, 0.05) is 19.0 Å². The van der Waals surface area contributed by atoms with Gasteiger partial charge in [0.1, 0.15) is 5.76 Å². The molecular weight excluding hydrogens is 216 g/mol. The van der Waals surface area contributed by atoms with Gasteiger partial charge in [-0.2, -0.15) is 0 Å². The molecule has 2 heterocycles. The third kappa shape index (κ3) is 3.33. The van der Waals surface area contributed by atoms with Gasteiger partial charge in [0.2, 0.25) is 0 Å². The highest BCUT2D eigenvalue weighted by molar-refractivity contribution is 5.91. The summed E-state index contributed by atoms with van der Waals surface area (Å²) >= 11 is 0. The molecule has 0 radical (unpaired) electrons. The van der Waals surface area contributed by atoms with E-state index < -0.39 is 0 Å². The number of hydrogen-bond acceptors (Lipinski definition) is 3. The fourth-order valence-corrected chi connectivity index (χ4v) is 2.14. The lowest BCUT2D eigenvalue weighted by molar-refractivity contribution is 0.0923. The Morgan fingerprint density at radius 3 is 3.12 bits per heavy atom. The van der Waals surface area contributed by atoms with Crippen molar-refractivity contribution >= 4 is 5.91 Å². The first-order chi connectivity index (χ1) is 8.29. The van der Waals surface area contributed by atoms with Crippen LogP contribution in [0, 0.1) is 0 Å². The van der Waals surface area contributed by atoms with Gasteiger partial charge >= 0.3 is 0 Å². The fraction of sp³-hybridized carbons (Fsp3) is 0.615. The van der Waals surface area contributed by atoms with E-state index in [4.69, 9.17) is 4.42 Å². The molecule has 2 N–H and O–H groups in total. The molecule has 0 bridgehead atoms. The average Bonchev–Trinajstić information content (AvgIpc) is 2.99. The molecule has 4 nitrogen and oxygen atoms in total. The molecule has 1 amide bonds. The first-order valence-corrected chi connectivity index (χ1v) is 6.40. The van der Waals surface area contributed by atoms with Crippen molar-refractivity contribution in [2.75, 3.05) is 13.1 Å². The van der Waals surface area contributed by atoms with Crippen molar-refractivity contribution in [3.63, 3.8) is 0 Å². The second-order valence-electron chi connectivity index (χ2n) is 4.46. The summed E-state index contributed by atoms with van der Waals surface area (Å²) in [7, 11) is 0. The number of hydrogen-bond donors (Lipinski definition) is 2. The van der Waals surface area contributed by atoms with E-state index in [9.17, 15) is 4.79 Å². The van der Waals surface area contributed by atoms with Crippen molar-refractivity contribution in [1.29, 1.82) is 0 Å². The summed E-state index contributed by atoms with van der Waals surface area (Å²) in [6.45, 7) is 3.82. The summed E-state index contributed by atoms with van der Waals surface area (Å²) in [6.07, 6.45) is 4.28. The predicted octanol–water partition coefficient (Wildman–Crippen LogP) is 1.71. The molecule has 94 valence electrons. The van der Waals surface area contributed by atoms with Crippen LogP contribution in [0.2, 0.25) is 0 Å². The molecule has 0 spiro atoms. The van der Waals surface area contributed by atoms with Crippen molar-refractivity contribution in [1.82, 2.24) is 10.6 Å². The number of furan rings is 1. The highest BCUT2D eigenvalue weighted by Gasteiger charge is 2.15. The van der Waals surface area contributed by atoms with Crippen LogP contribution < -0.4 is 10.6 Å². The Bertz CT molecular complexity index is 367. The van der Waals surface area contributed by atoms with Gasteiger partial charge in [-0.05, 0) is 37.9 Å². The van der Waals surface area contributed by atoms with Crippen LogP contribution in [0.4, 0.5) is 0 Å². The maximum Gasteiger partial charge on any atom is 0.286 e. The summed E-state index contributed by atoms with van der Waals surface area (Å²) < 4.78 is 5.39. The largest absolute Gasteiger partial charge is 0.456 e. The second-order valence-corrected chi connectivity index (χ2v) is 4.46. The Morgan fingerprint density at radius 2 is 2.47 bits per heavy atom. The van der Waals surface area contributed by atoms with Gasteiger partial charge in [-0.3, -0.25) is 4.79 Å². The molecule has 0 saturated carbocycles. The maximum atomic E-state index is 11.7. The molecule has 0 aromatic carbocycles. The zero-order valence-electron chi connectivity index (χ0n) is 10.3. The minimum absolute atomic E-state index is 0.109. The predicted molar refractivity (Wildman–Crippen MR) is 66.1 cm³/mol. The highest BCUT2D eigenvalue weighted by Crippen LogP contribution is 2.09. The first kappa shape index (κ1) is 12.2. The van der Waals surface area contributed by atoms with E-state index >= 15 is 0 Å². The minimum atomic E-state index is -0.109. The van der Waals surface area contributed by atoms with E-state index in [1.54, 1.807) is 6.07 Å². The standard InChI is InChI=1S/C13H20N2O2/c1-2-11-5-6-12(17-11)13(16)15-9-7-10-4-3-8-14-10/h5-6,10,14H,2-4,7-9H2,1H3,(H,15,16)/t10-/m1/s1. The van der Waals surface area contributed by atoms with Gasteiger partial charge in [-0.15, -0.1) is 0 Å². The normalized spacial score (nSPS) is 19.5. The van der Waals surface area contributed by atoms with Crippen molar-refractivity contribution in [2.45, 2.75) is 38.6 Å². The highest BCUT2D eigenvalue weighted by atomic mass is 16.3.